The van der Waals surface area contributed by atoms with E-state index < -0.39 is 11.0 Å². The van der Waals surface area contributed by atoms with E-state index in [1.165, 1.54) is 10.9 Å². The van der Waals surface area contributed by atoms with E-state index in [9.17, 15) is 15.2 Å². The van der Waals surface area contributed by atoms with E-state index in [1.807, 2.05) is 25.1 Å². The van der Waals surface area contributed by atoms with Crippen molar-refractivity contribution in [1.29, 1.82) is 0 Å². The summed E-state index contributed by atoms with van der Waals surface area (Å²) in [5, 5.41) is 27.5. The Bertz CT molecular complexity index is 587. The van der Waals surface area contributed by atoms with Crippen LogP contribution >= 0.6 is 0 Å². The Morgan fingerprint density at radius 1 is 1.52 bits per heavy atom. The number of aromatic nitrogens is 3. The molecule has 2 heterocycles. The van der Waals surface area contributed by atoms with Crippen LogP contribution in [0.1, 0.15) is 18.7 Å². The molecular weight excluding hydrogens is 274 g/mol. The second-order valence-electron chi connectivity index (χ2n) is 4.72. The summed E-state index contributed by atoms with van der Waals surface area (Å²) in [6.07, 6.45) is 3.48. The van der Waals surface area contributed by atoms with E-state index in [0.29, 0.717) is 6.54 Å². The van der Waals surface area contributed by atoms with Crippen molar-refractivity contribution < 1.29 is 10.0 Å². The smallest absolute Gasteiger partial charge is 0.306 e. The van der Waals surface area contributed by atoms with Gasteiger partial charge in [-0.25, -0.2) is 0 Å². The molecule has 0 spiro atoms. The predicted molar refractivity (Wildman–Crippen MR) is 75.5 cm³/mol. The summed E-state index contributed by atoms with van der Waals surface area (Å²) in [4.78, 5) is 14.3. The van der Waals surface area contributed by atoms with Gasteiger partial charge in [-0.2, -0.15) is 5.10 Å². The summed E-state index contributed by atoms with van der Waals surface area (Å²) in [5.74, 6) is 0. The molecule has 112 valence electrons. The fourth-order valence-corrected chi connectivity index (χ4v) is 1.88. The van der Waals surface area contributed by atoms with Crippen LogP contribution in [0.2, 0.25) is 0 Å². The van der Waals surface area contributed by atoms with Crippen molar-refractivity contribution in [3.63, 3.8) is 0 Å². The van der Waals surface area contributed by atoms with Crippen molar-refractivity contribution in [3.05, 3.63) is 52.6 Å². The highest BCUT2D eigenvalue weighted by molar-refractivity contribution is 5.20. The molecule has 21 heavy (non-hydrogen) atoms. The molecular formula is C13H17N5O3. The van der Waals surface area contributed by atoms with Crippen LogP contribution in [0, 0.1) is 10.1 Å². The molecule has 0 fully saturated rings. The quantitative estimate of drug-likeness (QED) is 0.580. The molecule has 2 aromatic rings. The molecule has 2 aromatic heterocycles. The van der Waals surface area contributed by atoms with Gasteiger partial charge in [0.1, 0.15) is 12.4 Å². The SMILES string of the molecule is C[C@H](NCC(O)Cn1cc([N+](=O)[O-])cn1)c1ccccn1. The van der Waals surface area contributed by atoms with Gasteiger partial charge in [0.25, 0.3) is 0 Å². The van der Waals surface area contributed by atoms with Crippen LogP contribution in [0.3, 0.4) is 0 Å². The molecule has 8 nitrogen and oxygen atoms in total. The lowest BCUT2D eigenvalue weighted by Crippen LogP contribution is -2.32. The molecule has 0 aliphatic rings. The Hall–Kier alpha value is -2.32. The number of nitro groups is 1. The Balaban J connectivity index is 1.81. The molecule has 0 radical (unpaired) electrons. The fraction of sp³-hybridized carbons (Fsp3) is 0.385. The first-order valence-corrected chi connectivity index (χ1v) is 6.55. The van der Waals surface area contributed by atoms with Crippen molar-refractivity contribution in [2.24, 2.45) is 0 Å². The van der Waals surface area contributed by atoms with Crippen LogP contribution in [0.4, 0.5) is 5.69 Å². The zero-order valence-electron chi connectivity index (χ0n) is 11.6. The molecule has 0 bridgehead atoms. The fourth-order valence-electron chi connectivity index (χ4n) is 1.88. The van der Waals surface area contributed by atoms with Gasteiger partial charge < -0.3 is 10.4 Å². The van der Waals surface area contributed by atoms with Gasteiger partial charge in [0.2, 0.25) is 0 Å². The van der Waals surface area contributed by atoms with Gasteiger partial charge in [0.15, 0.2) is 0 Å². The molecule has 2 rings (SSSR count). The maximum atomic E-state index is 10.5. The number of hydrogen-bond acceptors (Lipinski definition) is 6. The summed E-state index contributed by atoms with van der Waals surface area (Å²) in [7, 11) is 0. The number of rotatable bonds is 7. The number of hydrogen-bond donors (Lipinski definition) is 2. The lowest BCUT2D eigenvalue weighted by molar-refractivity contribution is -0.385. The summed E-state index contributed by atoms with van der Waals surface area (Å²) in [6.45, 7) is 2.48. The highest BCUT2D eigenvalue weighted by atomic mass is 16.6. The molecule has 8 heteroatoms. The summed E-state index contributed by atoms with van der Waals surface area (Å²) in [6, 6.07) is 5.66. The zero-order chi connectivity index (χ0) is 15.2. The van der Waals surface area contributed by atoms with Crippen LogP contribution in [0.15, 0.2) is 36.8 Å². The van der Waals surface area contributed by atoms with E-state index in [-0.39, 0.29) is 18.3 Å². The van der Waals surface area contributed by atoms with Crippen LogP contribution in [0.5, 0.6) is 0 Å². The highest BCUT2D eigenvalue weighted by Crippen LogP contribution is 2.09. The van der Waals surface area contributed by atoms with Gasteiger partial charge in [-0.3, -0.25) is 19.8 Å². The average Bonchev–Trinajstić information content (AvgIpc) is 2.94. The highest BCUT2D eigenvalue weighted by Gasteiger charge is 2.13. The minimum atomic E-state index is -0.698. The first-order valence-electron chi connectivity index (χ1n) is 6.55. The molecule has 0 aromatic carbocycles. The van der Waals surface area contributed by atoms with E-state index in [2.05, 4.69) is 15.4 Å². The first-order chi connectivity index (χ1) is 10.1. The van der Waals surface area contributed by atoms with Crippen molar-refractivity contribution in [2.75, 3.05) is 6.54 Å². The Labute approximate surface area is 121 Å². The van der Waals surface area contributed by atoms with Crippen molar-refractivity contribution in [2.45, 2.75) is 25.6 Å². The molecule has 0 aliphatic carbocycles. The minimum absolute atomic E-state index is 0.00723. The van der Waals surface area contributed by atoms with Crippen LogP contribution in [-0.4, -0.2) is 37.4 Å². The number of pyridine rings is 1. The molecule has 0 saturated heterocycles. The number of nitrogens with zero attached hydrogens (tertiary/aromatic N) is 4. The normalized spacial score (nSPS) is 13.8. The third kappa shape index (κ3) is 4.33. The van der Waals surface area contributed by atoms with Gasteiger partial charge >= 0.3 is 5.69 Å². The number of aliphatic hydroxyl groups excluding tert-OH is 1. The monoisotopic (exact) mass is 291 g/mol. The predicted octanol–water partition coefficient (Wildman–Crippen LogP) is 0.898. The standard InChI is InChI=1S/C13H17N5O3/c1-10(13-4-2-3-5-14-13)15-7-12(19)9-17-8-11(6-16-17)18(20)21/h2-6,8,10,12,15,19H,7,9H2,1H3/t10-,12?/m0/s1. The molecule has 0 saturated carbocycles. The molecule has 2 N–H and O–H groups in total. The Morgan fingerprint density at radius 2 is 2.33 bits per heavy atom. The van der Waals surface area contributed by atoms with E-state index in [0.717, 1.165) is 11.9 Å². The van der Waals surface area contributed by atoms with Gasteiger partial charge in [-0.05, 0) is 19.1 Å². The second kappa shape index (κ2) is 6.91. The van der Waals surface area contributed by atoms with Crippen molar-refractivity contribution in [3.8, 4) is 0 Å². The van der Waals surface area contributed by atoms with E-state index >= 15 is 0 Å². The summed E-state index contributed by atoms with van der Waals surface area (Å²) >= 11 is 0. The lowest BCUT2D eigenvalue weighted by atomic mass is 10.2. The first kappa shape index (κ1) is 15.1. The molecule has 0 amide bonds. The third-order valence-corrected chi connectivity index (χ3v) is 3.02. The largest absolute Gasteiger partial charge is 0.390 e. The number of nitrogens with one attached hydrogen (secondary N) is 1. The second-order valence-corrected chi connectivity index (χ2v) is 4.72. The van der Waals surface area contributed by atoms with Gasteiger partial charge in [0.05, 0.1) is 23.3 Å². The Morgan fingerprint density at radius 3 is 2.95 bits per heavy atom. The van der Waals surface area contributed by atoms with Crippen molar-refractivity contribution in [1.82, 2.24) is 20.1 Å². The van der Waals surface area contributed by atoms with Gasteiger partial charge in [0, 0.05) is 18.8 Å². The lowest BCUT2D eigenvalue weighted by Gasteiger charge is -2.16. The average molecular weight is 291 g/mol. The maximum Gasteiger partial charge on any atom is 0.306 e. The number of aliphatic hydroxyl groups is 1. The molecule has 0 aliphatic heterocycles. The maximum absolute atomic E-state index is 10.5. The molecule has 2 atom stereocenters. The Kier molecular flexibility index (Phi) is 4.96. The zero-order valence-corrected chi connectivity index (χ0v) is 11.6. The summed E-state index contributed by atoms with van der Waals surface area (Å²) < 4.78 is 1.36. The van der Waals surface area contributed by atoms with Crippen LogP contribution < -0.4 is 5.32 Å². The van der Waals surface area contributed by atoms with E-state index in [1.54, 1.807) is 6.20 Å². The van der Waals surface area contributed by atoms with Crippen molar-refractivity contribution >= 4 is 5.69 Å². The minimum Gasteiger partial charge on any atom is -0.390 e. The van der Waals surface area contributed by atoms with Gasteiger partial charge in [-0.15, -0.1) is 0 Å². The van der Waals surface area contributed by atoms with E-state index in [4.69, 9.17) is 0 Å². The topological polar surface area (TPSA) is 106 Å². The van der Waals surface area contributed by atoms with Crippen LogP contribution in [-0.2, 0) is 6.54 Å². The van der Waals surface area contributed by atoms with Gasteiger partial charge in [-0.1, -0.05) is 6.07 Å². The van der Waals surface area contributed by atoms with Crippen LogP contribution in [0.25, 0.3) is 0 Å². The third-order valence-electron chi connectivity index (χ3n) is 3.02. The molecule has 1 unspecified atom stereocenters. The summed E-state index contributed by atoms with van der Waals surface area (Å²) in [5.41, 5.74) is 0.802.